The molecule has 3 amide bonds. The third kappa shape index (κ3) is 5.75. The number of hydrogen-bond donors (Lipinski definition) is 2. The number of imide groups is 1. The van der Waals surface area contributed by atoms with Crippen molar-refractivity contribution in [2.45, 2.75) is 58.1 Å². The second-order valence-corrected chi connectivity index (χ2v) is 6.57. The molecular formula is C19H26N2O5. The van der Waals surface area contributed by atoms with E-state index in [1.807, 2.05) is 19.1 Å². The first kappa shape index (κ1) is 19.8. The van der Waals surface area contributed by atoms with Crippen LogP contribution in [-0.2, 0) is 20.7 Å². The van der Waals surface area contributed by atoms with E-state index in [9.17, 15) is 14.4 Å². The van der Waals surface area contributed by atoms with Gasteiger partial charge in [-0.3, -0.25) is 14.9 Å². The van der Waals surface area contributed by atoms with Crippen molar-refractivity contribution in [1.29, 1.82) is 0 Å². The highest BCUT2D eigenvalue weighted by Gasteiger charge is 2.23. The van der Waals surface area contributed by atoms with Crippen LogP contribution in [0.5, 0.6) is 5.75 Å². The standard InChI is InChI=1S/C19H26N2O5/c1-12-8-9-16(25-3)14(10-12)11-17(22)26-13(2)18(23)21-19(24)20-15-6-4-5-7-15/h8-10,13,15H,4-7,11H2,1-3H3,(H2,20,21,23,24)/t13-/m0/s1. The number of rotatable bonds is 6. The van der Waals surface area contributed by atoms with Crippen molar-refractivity contribution < 1.29 is 23.9 Å². The number of esters is 1. The summed E-state index contributed by atoms with van der Waals surface area (Å²) in [6.07, 6.45) is 2.92. The average Bonchev–Trinajstić information content (AvgIpc) is 3.07. The van der Waals surface area contributed by atoms with Gasteiger partial charge in [-0.2, -0.15) is 0 Å². The second kappa shape index (κ2) is 9.22. The fraction of sp³-hybridized carbons (Fsp3) is 0.526. The van der Waals surface area contributed by atoms with Crippen molar-refractivity contribution in [3.63, 3.8) is 0 Å². The third-order valence-corrected chi connectivity index (χ3v) is 4.38. The maximum absolute atomic E-state index is 12.1. The Hall–Kier alpha value is -2.57. The molecule has 0 aromatic heterocycles. The normalized spacial score (nSPS) is 15.2. The number of nitrogens with one attached hydrogen (secondary N) is 2. The molecule has 1 aliphatic carbocycles. The summed E-state index contributed by atoms with van der Waals surface area (Å²) in [5.41, 5.74) is 1.67. The van der Waals surface area contributed by atoms with Gasteiger partial charge in [0.15, 0.2) is 6.10 Å². The molecule has 0 bridgehead atoms. The van der Waals surface area contributed by atoms with E-state index >= 15 is 0 Å². The number of carbonyl (C=O) groups excluding carboxylic acids is 3. The Balaban J connectivity index is 1.83. The molecule has 142 valence electrons. The lowest BCUT2D eigenvalue weighted by Gasteiger charge is -2.16. The molecule has 1 saturated carbocycles. The van der Waals surface area contributed by atoms with Crippen LogP contribution in [0.1, 0.15) is 43.7 Å². The Morgan fingerprint density at radius 3 is 2.58 bits per heavy atom. The molecule has 2 rings (SSSR count). The maximum atomic E-state index is 12.1. The summed E-state index contributed by atoms with van der Waals surface area (Å²) in [5, 5.41) is 4.97. The van der Waals surface area contributed by atoms with Gasteiger partial charge in [-0.05, 0) is 32.8 Å². The summed E-state index contributed by atoms with van der Waals surface area (Å²) in [7, 11) is 1.53. The van der Waals surface area contributed by atoms with Crippen LogP contribution in [0.25, 0.3) is 0 Å². The van der Waals surface area contributed by atoms with E-state index in [1.54, 1.807) is 6.07 Å². The minimum Gasteiger partial charge on any atom is -0.496 e. The molecule has 1 fully saturated rings. The summed E-state index contributed by atoms with van der Waals surface area (Å²) in [6, 6.07) is 5.05. The van der Waals surface area contributed by atoms with Crippen molar-refractivity contribution in [3.05, 3.63) is 29.3 Å². The van der Waals surface area contributed by atoms with Crippen LogP contribution in [0.4, 0.5) is 4.79 Å². The van der Waals surface area contributed by atoms with E-state index in [1.165, 1.54) is 14.0 Å². The predicted octanol–water partition coefficient (Wildman–Crippen LogP) is 2.25. The number of hydrogen-bond acceptors (Lipinski definition) is 5. The van der Waals surface area contributed by atoms with Crippen LogP contribution in [0, 0.1) is 6.92 Å². The van der Waals surface area contributed by atoms with Gasteiger partial charge in [-0.25, -0.2) is 4.79 Å². The summed E-state index contributed by atoms with van der Waals surface area (Å²) < 4.78 is 10.4. The topological polar surface area (TPSA) is 93.7 Å². The molecule has 1 aliphatic rings. The number of aryl methyl sites for hydroxylation is 1. The molecule has 7 nitrogen and oxygen atoms in total. The molecule has 1 atom stereocenters. The van der Waals surface area contributed by atoms with E-state index < -0.39 is 24.0 Å². The van der Waals surface area contributed by atoms with Gasteiger partial charge >= 0.3 is 12.0 Å². The zero-order valence-corrected chi connectivity index (χ0v) is 15.5. The minimum atomic E-state index is -1.06. The predicted molar refractivity (Wildman–Crippen MR) is 95.9 cm³/mol. The molecule has 1 aromatic rings. The summed E-state index contributed by atoms with van der Waals surface area (Å²) in [4.78, 5) is 35.9. The largest absolute Gasteiger partial charge is 0.496 e. The van der Waals surface area contributed by atoms with Crippen LogP contribution in [0.2, 0.25) is 0 Å². The van der Waals surface area contributed by atoms with Gasteiger partial charge in [0, 0.05) is 11.6 Å². The summed E-state index contributed by atoms with van der Waals surface area (Å²) in [6.45, 7) is 3.34. The summed E-state index contributed by atoms with van der Waals surface area (Å²) >= 11 is 0. The molecule has 7 heteroatoms. The van der Waals surface area contributed by atoms with Gasteiger partial charge in [0.2, 0.25) is 0 Å². The molecule has 0 aliphatic heterocycles. The monoisotopic (exact) mass is 362 g/mol. The molecule has 0 unspecified atom stereocenters. The lowest BCUT2D eigenvalue weighted by atomic mass is 10.1. The highest BCUT2D eigenvalue weighted by atomic mass is 16.5. The highest BCUT2D eigenvalue weighted by Crippen LogP contribution is 2.20. The van der Waals surface area contributed by atoms with Crippen LogP contribution in [-0.4, -0.2) is 37.2 Å². The van der Waals surface area contributed by atoms with E-state index in [0.29, 0.717) is 11.3 Å². The van der Waals surface area contributed by atoms with E-state index in [2.05, 4.69) is 10.6 Å². The smallest absolute Gasteiger partial charge is 0.321 e. The zero-order chi connectivity index (χ0) is 19.1. The number of carbonyl (C=O) groups is 3. The Bertz CT molecular complexity index is 668. The number of benzene rings is 1. The van der Waals surface area contributed by atoms with Crippen molar-refractivity contribution in [3.8, 4) is 5.75 Å². The quantitative estimate of drug-likeness (QED) is 0.757. The maximum Gasteiger partial charge on any atom is 0.321 e. The van der Waals surface area contributed by atoms with Crippen LogP contribution in [0.15, 0.2) is 18.2 Å². The van der Waals surface area contributed by atoms with Crippen molar-refractivity contribution in [2.75, 3.05) is 7.11 Å². The van der Waals surface area contributed by atoms with Gasteiger partial charge in [-0.1, -0.05) is 30.5 Å². The SMILES string of the molecule is COc1ccc(C)cc1CC(=O)O[C@@H](C)C(=O)NC(=O)NC1CCCC1. The third-order valence-electron chi connectivity index (χ3n) is 4.38. The molecule has 2 N–H and O–H groups in total. The highest BCUT2D eigenvalue weighted by molar-refractivity contribution is 5.97. The van der Waals surface area contributed by atoms with Gasteiger partial charge in [-0.15, -0.1) is 0 Å². The first-order chi connectivity index (χ1) is 12.4. The lowest BCUT2D eigenvalue weighted by molar-refractivity contribution is -0.153. The van der Waals surface area contributed by atoms with Gasteiger partial charge in [0.1, 0.15) is 5.75 Å². The fourth-order valence-electron chi connectivity index (χ4n) is 3.00. The number of amides is 3. The zero-order valence-electron chi connectivity index (χ0n) is 15.5. The van der Waals surface area contributed by atoms with Crippen molar-refractivity contribution in [1.82, 2.24) is 10.6 Å². The Labute approximate surface area is 153 Å². The number of urea groups is 1. The first-order valence-electron chi connectivity index (χ1n) is 8.83. The molecule has 1 aromatic carbocycles. The lowest BCUT2D eigenvalue weighted by Crippen LogP contribution is -2.47. The first-order valence-corrected chi connectivity index (χ1v) is 8.83. The molecular weight excluding hydrogens is 336 g/mol. The molecule has 0 saturated heterocycles. The average molecular weight is 362 g/mol. The molecule has 0 spiro atoms. The van der Waals surface area contributed by atoms with E-state index in [4.69, 9.17) is 9.47 Å². The molecule has 26 heavy (non-hydrogen) atoms. The van der Waals surface area contributed by atoms with E-state index in [0.717, 1.165) is 31.2 Å². The Kier molecular flexibility index (Phi) is 7.00. The summed E-state index contributed by atoms with van der Waals surface area (Å²) in [5.74, 6) is -0.626. The van der Waals surface area contributed by atoms with Crippen molar-refractivity contribution in [2.24, 2.45) is 0 Å². The molecule has 0 radical (unpaired) electrons. The Morgan fingerprint density at radius 1 is 1.23 bits per heavy atom. The van der Waals surface area contributed by atoms with E-state index in [-0.39, 0.29) is 12.5 Å². The fourth-order valence-corrected chi connectivity index (χ4v) is 3.00. The van der Waals surface area contributed by atoms with Crippen molar-refractivity contribution >= 4 is 17.9 Å². The molecule has 0 heterocycles. The Morgan fingerprint density at radius 2 is 1.92 bits per heavy atom. The number of ether oxygens (including phenoxy) is 2. The van der Waals surface area contributed by atoms with Crippen LogP contribution < -0.4 is 15.4 Å². The second-order valence-electron chi connectivity index (χ2n) is 6.57. The van der Waals surface area contributed by atoms with Gasteiger partial charge in [0.25, 0.3) is 5.91 Å². The number of methoxy groups -OCH3 is 1. The van der Waals surface area contributed by atoms with Crippen LogP contribution in [0.3, 0.4) is 0 Å². The van der Waals surface area contributed by atoms with Crippen LogP contribution >= 0.6 is 0 Å². The minimum absolute atomic E-state index is 0.0171. The van der Waals surface area contributed by atoms with Gasteiger partial charge < -0.3 is 14.8 Å². The van der Waals surface area contributed by atoms with Gasteiger partial charge in [0.05, 0.1) is 13.5 Å².